The van der Waals surface area contributed by atoms with E-state index >= 15 is 0 Å². The summed E-state index contributed by atoms with van der Waals surface area (Å²) in [6.07, 6.45) is -4.25. The van der Waals surface area contributed by atoms with Gasteiger partial charge in [-0.15, -0.1) is 23.1 Å². The van der Waals surface area contributed by atoms with E-state index in [-0.39, 0.29) is 0 Å². The van der Waals surface area contributed by atoms with E-state index in [4.69, 9.17) is 5.73 Å². The van der Waals surface area contributed by atoms with Crippen LogP contribution < -0.4 is 5.73 Å². The molecule has 1 heterocycles. The second-order valence-electron chi connectivity index (χ2n) is 2.87. The van der Waals surface area contributed by atoms with Gasteiger partial charge < -0.3 is 5.73 Å². The van der Waals surface area contributed by atoms with Gasteiger partial charge in [-0.3, -0.25) is 0 Å². The van der Waals surface area contributed by atoms with Gasteiger partial charge in [0.1, 0.15) is 5.25 Å². The van der Waals surface area contributed by atoms with Crippen LogP contribution in [0, 0.1) is 0 Å². The molecule has 1 aromatic heterocycles. The minimum absolute atomic E-state index is 0.643. The fourth-order valence-corrected chi connectivity index (χ4v) is 2.83. The molecule has 2 N–H and O–H groups in total. The Morgan fingerprint density at radius 3 is 2.50 bits per heavy atom. The zero-order valence-electron chi connectivity index (χ0n) is 7.41. The van der Waals surface area contributed by atoms with Gasteiger partial charge in [0.15, 0.2) is 0 Å². The first-order valence-corrected chi connectivity index (χ1v) is 5.69. The Hall–Kier alpha value is -0.200. The monoisotopic (exact) mass is 241 g/mol. The molecule has 0 saturated heterocycles. The summed E-state index contributed by atoms with van der Waals surface area (Å²) in [7, 11) is 0. The Morgan fingerprint density at radius 1 is 1.50 bits per heavy atom. The fourth-order valence-electron chi connectivity index (χ4n) is 0.928. The molecule has 0 fully saturated rings. The van der Waals surface area contributed by atoms with E-state index in [9.17, 15) is 13.2 Å². The molecule has 0 aliphatic carbocycles. The molecule has 6 heteroatoms. The molecule has 0 radical (unpaired) electrons. The number of nitrogens with two attached hydrogens (primary N) is 1. The van der Waals surface area contributed by atoms with Crippen LogP contribution in [0.1, 0.15) is 6.92 Å². The summed E-state index contributed by atoms with van der Waals surface area (Å²) in [6.45, 7) is 1.37. The molecule has 0 aliphatic heterocycles. The van der Waals surface area contributed by atoms with Crippen LogP contribution in [0.3, 0.4) is 0 Å². The number of thioether (sulfide) groups is 1. The largest absolute Gasteiger partial charge is 0.402 e. The summed E-state index contributed by atoms with van der Waals surface area (Å²) in [6, 6.07) is 2.49. The maximum atomic E-state index is 12.5. The average molecular weight is 241 g/mol. The summed E-state index contributed by atoms with van der Waals surface area (Å²) >= 11 is 2.07. The molecule has 1 rings (SSSR count). The van der Waals surface area contributed by atoms with E-state index in [1.54, 1.807) is 17.5 Å². The standard InChI is InChI=1S/C8H10F3NS2/c1-5(12)7(8(9,10)11)14-6-3-2-4-13-6/h2-5,7H,12H2,1H3. The third-order valence-corrected chi connectivity index (χ3v) is 4.10. The summed E-state index contributed by atoms with van der Waals surface area (Å²) in [5, 5.41) is 0.220. The number of rotatable bonds is 3. The van der Waals surface area contributed by atoms with Crippen molar-refractivity contribution >= 4 is 23.1 Å². The van der Waals surface area contributed by atoms with Crippen LogP contribution >= 0.6 is 23.1 Å². The molecular weight excluding hydrogens is 231 g/mol. The number of alkyl halides is 3. The van der Waals surface area contributed by atoms with Crippen molar-refractivity contribution in [2.75, 3.05) is 0 Å². The number of hydrogen-bond acceptors (Lipinski definition) is 3. The van der Waals surface area contributed by atoms with E-state index in [1.165, 1.54) is 18.3 Å². The lowest BCUT2D eigenvalue weighted by Gasteiger charge is -2.22. The van der Waals surface area contributed by atoms with E-state index in [2.05, 4.69) is 0 Å². The highest BCUT2D eigenvalue weighted by Crippen LogP contribution is 2.38. The topological polar surface area (TPSA) is 26.0 Å². The Bertz CT molecular complexity index is 269. The van der Waals surface area contributed by atoms with Gasteiger partial charge in [0.2, 0.25) is 0 Å². The van der Waals surface area contributed by atoms with Crippen LogP contribution in [0.2, 0.25) is 0 Å². The summed E-state index contributed by atoms with van der Waals surface area (Å²) in [5.41, 5.74) is 5.30. The molecule has 14 heavy (non-hydrogen) atoms. The molecule has 1 aromatic rings. The first kappa shape index (κ1) is 11.9. The number of hydrogen-bond donors (Lipinski definition) is 1. The maximum absolute atomic E-state index is 12.5. The van der Waals surface area contributed by atoms with Crippen LogP contribution in [0.5, 0.6) is 0 Å². The average Bonchev–Trinajstić information content (AvgIpc) is 2.48. The minimum Gasteiger partial charge on any atom is -0.327 e. The number of halogens is 3. The zero-order valence-corrected chi connectivity index (χ0v) is 9.05. The first-order chi connectivity index (χ1) is 6.41. The first-order valence-electron chi connectivity index (χ1n) is 3.93. The summed E-state index contributed by atoms with van der Waals surface area (Å²) in [4.78, 5) is 0. The molecule has 0 spiro atoms. The predicted octanol–water partition coefficient (Wildman–Crippen LogP) is 3.12. The van der Waals surface area contributed by atoms with Crippen LogP contribution in [-0.4, -0.2) is 17.5 Å². The van der Waals surface area contributed by atoms with Gasteiger partial charge in [-0.1, -0.05) is 6.07 Å². The molecule has 0 amide bonds. The smallest absolute Gasteiger partial charge is 0.327 e. The highest BCUT2D eigenvalue weighted by atomic mass is 32.2. The van der Waals surface area contributed by atoms with Crippen molar-refractivity contribution in [2.45, 2.75) is 28.6 Å². The van der Waals surface area contributed by atoms with Gasteiger partial charge >= 0.3 is 6.18 Å². The van der Waals surface area contributed by atoms with Crippen molar-refractivity contribution in [3.8, 4) is 0 Å². The number of thiophene rings is 1. The third-order valence-electron chi connectivity index (χ3n) is 1.54. The van der Waals surface area contributed by atoms with Gasteiger partial charge in [-0.25, -0.2) is 0 Å². The lowest BCUT2D eigenvalue weighted by molar-refractivity contribution is -0.131. The third kappa shape index (κ3) is 3.18. The molecule has 0 aliphatic rings. The van der Waals surface area contributed by atoms with Crippen molar-refractivity contribution < 1.29 is 13.2 Å². The van der Waals surface area contributed by atoms with Crippen LogP contribution in [0.15, 0.2) is 21.7 Å². The highest BCUT2D eigenvalue weighted by Gasteiger charge is 2.42. The van der Waals surface area contributed by atoms with Gasteiger partial charge in [0.25, 0.3) is 0 Å². The summed E-state index contributed by atoms with van der Waals surface area (Å²) < 4.78 is 38.0. The van der Waals surface area contributed by atoms with Gasteiger partial charge in [0, 0.05) is 6.04 Å². The molecule has 0 aromatic carbocycles. The van der Waals surface area contributed by atoms with E-state index < -0.39 is 17.5 Å². The van der Waals surface area contributed by atoms with Crippen molar-refractivity contribution in [1.82, 2.24) is 0 Å². The second kappa shape index (κ2) is 4.55. The lowest BCUT2D eigenvalue weighted by atomic mass is 10.2. The predicted molar refractivity (Wildman–Crippen MR) is 53.7 cm³/mol. The van der Waals surface area contributed by atoms with E-state index in [1.807, 2.05) is 0 Å². The van der Waals surface area contributed by atoms with Crippen LogP contribution in [0.4, 0.5) is 13.2 Å². The van der Waals surface area contributed by atoms with E-state index in [0.29, 0.717) is 4.21 Å². The maximum Gasteiger partial charge on any atom is 0.402 e. The normalized spacial score (nSPS) is 16.6. The van der Waals surface area contributed by atoms with Crippen LogP contribution in [0.25, 0.3) is 0 Å². The SMILES string of the molecule is CC(N)C(Sc1cccs1)C(F)(F)F. The van der Waals surface area contributed by atoms with Crippen molar-refractivity contribution in [3.63, 3.8) is 0 Å². The quantitative estimate of drug-likeness (QED) is 0.823. The Kier molecular flexibility index (Phi) is 3.86. The minimum atomic E-state index is -4.25. The Balaban J connectivity index is 2.71. The molecule has 2 atom stereocenters. The lowest BCUT2D eigenvalue weighted by Crippen LogP contribution is -2.40. The van der Waals surface area contributed by atoms with Crippen LogP contribution in [-0.2, 0) is 0 Å². The second-order valence-corrected chi connectivity index (χ2v) is 5.26. The molecular formula is C8H10F3NS2. The van der Waals surface area contributed by atoms with E-state index in [0.717, 1.165) is 11.8 Å². The molecule has 80 valence electrons. The molecule has 0 saturated carbocycles. The molecule has 2 unspecified atom stereocenters. The summed E-state index contributed by atoms with van der Waals surface area (Å²) in [5.74, 6) is 0. The van der Waals surface area contributed by atoms with Gasteiger partial charge in [-0.2, -0.15) is 13.2 Å². The zero-order chi connectivity index (χ0) is 10.8. The fraction of sp³-hybridized carbons (Fsp3) is 0.500. The molecule has 1 nitrogen and oxygen atoms in total. The molecule has 0 bridgehead atoms. The van der Waals surface area contributed by atoms with Crippen molar-refractivity contribution in [2.24, 2.45) is 5.73 Å². The Labute approximate surface area is 88.5 Å². The van der Waals surface area contributed by atoms with Gasteiger partial charge in [0.05, 0.1) is 4.21 Å². The van der Waals surface area contributed by atoms with Crippen molar-refractivity contribution in [1.29, 1.82) is 0 Å². The van der Waals surface area contributed by atoms with Crippen molar-refractivity contribution in [3.05, 3.63) is 17.5 Å². The van der Waals surface area contributed by atoms with Gasteiger partial charge in [-0.05, 0) is 18.4 Å². The Morgan fingerprint density at radius 2 is 2.14 bits per heavy atom. The highest BCUT2D eigenvalue weighted by molar-refractivity contribution is 8.01.